The Morgan fingerprint density at radius 3 is 2.48 bits per heavy atom. The number of urea groups is 1. The van der Waals surface area contributed by atoms with Gasteiger partial charge in [-0.3, -0.25) is 4.79 Å². The third-order valence-corrected chi connectivity index (χ3v) is 2.70. The van der Waals surface area contributed by atoms with Crippen LogP contribution in [0.1, 0.15) is 12.5 Å². The van der Waals surface area contributed by atoms with E-state index in [-0.39, 0.29) is 5.91 Å². The van der Waals surface area contributed by atoms with Gasteiger partial charge in [0.25, 0.3) is 0 Å². The molecule has 0 aromatic heterocycles. The van der Waals surface area contributed by atoms with Crippen molar-refractivity contribution in [1.29, 1.82) is 0 Å². The van der Waals surface area contributed by atoms with Crippen LogP contribution in [0.4, 0.5) is 10.5 Å². The van der Waals surface area contributed by atoms with Gasteiger partial charge in [0, 0.05) is 18.2 Å². The molecule has 0 atom stereocenters. The average molecular weight is 312 g/mol. The van der Waals surface area contributed by atoms with Crippen LogP contribution in [0, 0.1) is 0 Å². The van der Waals surface area contributed by atoms with Crippen molar-refractivity contribution in [2.24, 2.45) is 10.8 Å². The first kappa shape index (κ1) is 16.0. The highest BCUT2D eigenvalue weighted by atomic mass is 16.5. The molecule has 2 rings (SSSR count). The van der Waals surface area contributed by atoms with Crippen molar-refractivity contribution < 1.29 is 14.3 Å². The fourth-order valence-corrected chi connectivity index (χ4v) is 1.78. The number of primary amides is 1. The largest absolute Gasteiger partial charge is 0.457 e. The van der Waals surface area contributed by atoms with Gasteiger partial charge in [-0.25, -0.2) is 10.2 Å². The highest BCUT2D eigenvalue weighted by molar-refractivity contribution is 5.88. The van der Waals surface area contributed by atoms with Crippen LogP contribution >= 0.6 is 0 Å². The van der Waals surface area contributed by atoms with Gasteiger partial charge in [-0.1, -0.05) is 12.1 Å². The predicted octanol–water partition coefficient (Wildman–Crippen LogP) is 2.44. The number of amides is 3. The molecule has 3 amide bonds. The Morgan fingerprint density at radius 2 is 1.83 bits per heavy atom. The van der Waals surface area contributed by atoms with Crippen LogP contribution < -0.4 is 21.2 Å². The lowest BCUT2D eigenvalue weighted by molar-refractivity contribution is -0.114. The summed E-state index contributed by atoms with van der Waals surface area (Å²) in [6.07, 6.45) is 1.44. The van der Waals surface area contributed by atoms with Gasteiger partial charge in [0.15, 0.2) is 0 Å². The maximum Gasteiger partial charge on any atom is 0.332 e. The molecule has 7 heteroatoms. The van der Waals surface area contributed by atoms with Crippen molar-refractivity contribution in [3.05, 3.63) is 54.1 Å². The van der Waals surface area contributed by atoms with E-state index in [9.17, 15) is 9.59 Å². The van der Waals surface area contributed by atoms with Crippen LogP contribution in [0.2, 0.25) is 0 Å². The number of hydrogen-bond acceptors (Lipinski definition) is 4. The van der Waals surface area contributed by atoms with Crippen LogP contribution in [0.5, 0.6) is 11.5 Å². The molecule has 0 aliphatic rings. The fourth-order valence-electron chi connectivity index (χ4n) is 1.78. The molecule has 118 valence electrons. The van der Waals surface area contributed by atoms with E-state index in [1.165, 1.54) is 13.1 Å². The number of benzene rings is 2. The van der Waals surface area contributed by atoms with Gasteiger partial charge in [-0.15, -0.1) is 0 Å². The Kier molecular flexibility index (Phi) is 5.30. The number of carbonyl (C=O) groups is 2. The van der Waals surface area contributed by atoms with E-state index >= 15 is 0 Å². The number of carbonyl (C=O) groups excluding carboxylic acids is 2. The lowest BCUT2D eigenvalue weighted by Gasteiger charge is -2.09. The Morgan fingerprint density at radius 1 is 1.13 bits per heavy atom. The van der Waals surface area contributed by atoms with Crippen LogP contribution in [0.15, 0.2) is 53.6 Å². The molecule has 23 heavy (non-hydrogen) atoms. The highest BCUT2D eigenvalue weighted by Crippen LogP contribution is 2.25. The zero-order valence-electron chi connectivity index (χ0n) is 12.4. The normalized spacial score (nSPS) is 10.3. The Bertz CT molecular complexity index is 726. The Balaban J connectivity index is 2.12. The summed E-state index contributed by atoms with van der Waals surface area (Å²) < 4.78 is 5.78. The average Bonchev–Trinajstić information content (AvgIpc) is 2.50. The minimum Gasteiger partial charge on any atom is -0.457 e. The van der Waals surface area contributed by atoms with E-state index in [1.54, 1.807) is 36.4 Å². The topological polar surface area (TPSA) is 106 Å². The number of nitrogens with one attached hydrogen (secondary N) is 2. The first-order valence-corrected chi connectivity index (χ1v) is 6.77. The highest BCUT2D eigenvalue weighted by Gasteiger charge is 2.03. The summed E-state index contributed by atoms with van der Waals surface area (Å²) in [6, 6.07) is 13.4. The van der Waals surface area contributed by atoms with Gasteiger partial charge in [-0.05, 0) is 36.4 Å². The summed E-state index contributed by atoms with van der Waals surface area (Å²) in [5.41, 5.74) is 8.42. The van der Waals surface area contributed by atoms with Crippen LogP contribution in [0.3, 0.4) is 0 Å². The number of ether oxygens (including phenoxy) is 1. The number of hydrogen-bond donors (Lipinski definition) is 3. The summed E-state index contributed by atoms with van der Waals surface area (Å²) in [4.78, 5) is 21.6. The predicted molar refractivity (Wildman–Crippen MR) is 87.6 cm³/mol. The number of anilines is 1. The molecule has 0 heterocycles. The van der Waals surface area contributed by atoms with Crippen LogP contribution in [-0.2, 0) is 4.79 Å². The smallest absolute Gasteiger partial charge is 0.332 e. The first-order valence-electron chi connectivity index (χ1n) is 6.77. The molecule has 7 nitrogen and oxygen atoms in total. The van der Waals surface area contributed by atoms with E-state index in [0.29, 0.717) is 22.7 Å². The zero-order valence-corrected chi connectivity index (χ0v) is 12.4. The van der Waals surface area contributed by atoms with Crippen LogP contribution in [-0.4, -0.2) is 18.2 Å². The Hall–Kier alpha value is -3.35. The van der Waals surface area contributed by atoms with Crippen molar-refractivity contribution in [2.45, 2.75) is 6.92 Å². The van der Waals surface area contributed by atoms with Gasteiger partial charge in [0.1, 0.15) is 11.5 Å². The molecule has 0 saturated heterocycles. The molecule has 0 aliphatic carbocycles. The molecular weight excluding hydrogens is 296 g/mol. The molecule has 0 saturated carbocycles. The van der Waals surface area contributed by atoms with E-state index in [0.717, 1.165) is 0 Å². The second-order valence-corrected chi connectivity index (χ2v) is 4.58. The molecule has 4 N–H and O–H groups in total. The van der Waals surface area contributed by atoms with Crippen molar-refractivity contribution >= 4 is 23.8 Å². The van der Waals surface area contributed by atoms with Crippen molar-refractivity contribution in [1.82, 2.24) is 5.43 Å². The lowest BCUT2D eigenvalue weighted by atomic mass is 10.2. The number of nitrogens with zero attached hydrogens (tertiary/aromatic N) is 1. The van der Waals surface area contributed by atoms with Crippen LogP contribution in [0.25, 0.3) is 0 Å². The van der Waals surface area contributed by atoms with Crippen molar-refractivity contribution in [3.63, 3.8) is 0 Å². The maximum atomic E-state index is 11.0. The molecule has 0 unspecified atom stereocenters. The van der Waals surface area contributed by atoms with Crippen molar-refractivity contribution in [2.75, 3.05) is 5.32 Å². The zero-order chi connectivity index (χ0) is 16.7. The van der Waals surface area contributed by atoms with Gasteiger partial charge >= 0.3 is 6.03 Å². The molecule has 2 aromatic carbocycles. The quantitative estimate of drug-likeness (QED) is 0.583. The second kappa shape index (κ2) is 7.60. The maximum absolute atomic E-state index is 11.0. The van der Waals surface area contributed by atoms with Gasteiger partial charge in [0.05, 0.1) is 6.21 Å². The third-order valence-electron chi connectivity index (χ3n) is 2.70. The number of para-hydroxylation sites is 1. The second-order valence-electron chi connectivity index (χ2n) is 4.58. The SMILES string of the molecule is CC(=O)Nc1ccc(Oc2ccccc2C=NNC(N)=O)cc1. The minimum absolute atomic E-state index is 0.137. The van der Waals surface area contributed by atoms with Gasteiger partial charge < -0.3 is 15.8 Å². The Labute approximate surface area is 133 Å². The van der Waals surface area contributed by atoms with Crippen molar-refractivity contribution in [3.8, 4) is 11.5 Å². The number of hydrazone groups is 1. The van der Waals surface area contributed by atoms with Gasteiger partial charge in [-0.2, -0.15) is 5.10 Å². The van der Waals surface area contributed by atoms with E-state index in [1.807, 2.05) is 12.1 Å². The van der Waals surface area contributed by atoms with Gasteiger partial charge in [0.2, 0.25) is 5.91 Å². The molecule has 0 bridgehead atoms. The number of nitrogens with two attached hydrogens (primary N) is 1. The molecule has 0 radical (unpaired) electrons. The fraction of sp³-hybridized carbons (Fsp3) is 0.0625. The summed E-state index contributed by atoms with van der Waals surface area (Å²) in [5.74, 6) is 1.03. The summed E-state index contributed by atoms with van der Waals surface area (Å²) >= 11 is 0. The standard InChI is InChI=1S/C16H16N4O3/c1-11(21)19-13-6-8-14(9-7-13)23-15-5-3-2-4-12(15)10-18-20-16(17)22/h2-10H,1H3,(H,19,21)(H3,17,20,22). The monoisotopic (exact) mass is 312 g/mol. The number of rotatable bonds is 5. The summed E-state index contributed by atoms with van der Waals surface area (Å²) in [7, 11) is 0. The van der Waals surface area contributed by atoms with E-state index in [4.69, 9.17) is 10.5 Å². The van der Waals surface area contributed by atoms with E-state index < -0.39 is 6.03 Å². The molecule has 0 spiro atoms. The summed E-state index contributed by atoms with van der Waals surface area (Å²) in [5, 5.41) is 6.39. The van der Waals surface area contributed by atoms with E-state index in [2.05, 4.69) is 15.8 Å². The first-order chi connectivity index (χ1) is 11.0. The third kappa shape index (κ3) is 5.16. The minimum atomic E-state index is -0.742. The molecule has 2 aromatic rings. The molecule has 0 aliphatic heterocycles. The summed E-state index contributed by atoms with van der Waals surface area (Å²) in [6.45, 7) is 1.44. The molecule has 0 fully saturated rings. The molecular formula is C16H16N4O3. The lowest BCUT2D eigenvalue weighted by Crippen LogP contribution is -2.24.